The Kier molecular flexibility index (Phi) is 5.35. The first kappa shape index (κ1) is 13.4. The van der Waals surface area contributed by atoms with Crippen molar-refractivity contribution in [3.05, 3.63) is 18.1 Å². The normalized spacial score (nSPS) is 11.9. The number of anilines is 1. The Morgan fingerprint density at radius 1 is 1.47 bits per heavy atom. The summed E-state index contributed by atoms with van der Waals surface area (Å²) in [5.74, 6) is 0.415. The fourth-order valence-corrected chi connectivity index (χ4v) is 1.24. The van der Waals surface area contributed by atoms with Crippen LogP contribution in [0.15, 0.2) is 12.4 Å². The summed E-state index contributed by atoms with van der Waals surface area (Å²) in [6, 6.07) is 0.0493. The maximum atomic E-state index is 11.7. The van der Waals surface area contributed by atoms with Gasteiger partial charge in [0.2, 0.25) is 0 Å². The van der Waals surface area contributed by atoms with E-state index < -0.39 is 0 Å². The SMILES string of the molecule is CNc1cnc(C(=O)NC(C)CCOC)cn1. The fraction of sp³-hybridized carbons (Fsp3) is 0.545. The smallest absolute Gasteiger partial charge is 0.271 e. The lowest BCUT2D eigenvalue weighted by Gasteiger charge is -2.12. The second-order valence-corrected chi connectivity index (χ2v) is 3.69. The van der Waals surface area contributed by atoms with E-state index in [4.69, 9.17) is 4.74 Å². The van der Waals surface area contributed by atoms with Gasteiger partial charge in [-0.05, 0) is 13.3 Å². The molecule has 0 saturated carbocycles. The standard InChI is InChI=1S/C11H18N4O2/c1-8(4-5-17-3)15-11(16)9-6-14-10(12-2)7-13-9/h6-8H,4-5H2,1-3H3,(H,12,14)(H,15,16). The van der Waals surface area contributed by atoms with Crippen molar-refractivity contribution in [2.75, 3.05) is 26.1 Å². The van der Waals surface area contributed by atoms with E-state index >= 15 is 0 Å². The summed E-state index contributed by atoms with van der Waals surface area (Å²) in [5, 5.41) is 5.67. The van der Waals surface area contributed by atoms with Crippen molar-refractivity contribution in [3.8, 4) is 0 Å². The van der Waals surface area contributed by atoms with Crippen molar-refractivity contribution in [2.45, 2.75) is 19.4 Å². The predicted molar refractivity (Wildman–Crippen MR) is 65.0 cm³/mol. The molecule has 1 atom stereocenters. The van der Waals surface area contributed by atoms with Gasteiger partial charge in [-0.2, -0.15) is 0 Å². The molecule has 2 N–H and O–H groups in total. The minimum Gasteiger partial charge on any atom is -0.385 e. The van der Waals surface area contributed by atoms with Crippen molar-refractivity contribution < 1.29 is 9.53 Å². The summed E-state index contributed by atoms with van der Waals surface area (Å²) in [7, 11) is 3.38. The number of amides is 1. The van der Waals surface area contributed by atoms with Gasteiger partial charge in [-0.1, -0.05) is 0 Å². The third kappa shape index (κ3) is 4.36. The minimum atomic E-state index is -0.219. The summed E-state index contributed by atoms with van der Waals surface area (Å²) in [6.45, 7) is 2.54. The van der Waals surface area contributed by atoms with E-state index in [2.05, 4.69) is 20.6 Å². The van der Waals surface area contributed by atoms with E-state index in [1.165, 1.54) is 12.4 Å². The number of carbonyl (C=O) groups is 1. The number of methoxy groups -OCH3 is 1. The first-order valence-corrected chi connectivity index (χ1v) is 5.47. The van der Waals surface area contributed by atoms with Gasteiger partial charge < -0.3 is 15.4 Å². The molecule has 1 rings (SSSR count). The third-order valence-electron chi connectivity index (χ3n) is 2.27. The number of rotatable bonds is 6. The predicted octanol–water partition coefficient (Wildman–Crippen LogP) is 0.673. The molecule has 17 heavy (non-hydrogen) atoms. The Morgan fingerprint density at radius 3 is 2.76 bits per heavy atom. The Labute approximate surface area is 101 Å². The number of hydrogen-bond donors (Lipinski definition) is 2. The summed E-state index contributed by atoms with van der Waals surface area (Å²) in [4.78, 5) is 19.8. The highest BCUT2D eigenvalue weighted by Gasteiger charge is 2.11. The Morgan fingerprint density at radius 2 is 2.24 bits per heavy atom. The molecule has 1 unspecified atom stereocenters. The zero-order valence-electron chi connectivity index (χ0n) is 10.4. The summed E-state index contributed by atoms with van der Waals surface area (Å²) < 4.78 is 4.94. The minimum absolute atomic E-state index is 0.0493. The first-order valence-electron chi connectivity index (χ1n) is 5.47. The van der Waals surface area contributed by atoms with Crippen molar-refractivity contribution in [1.29, 1.82) is 0 Å². The van der Waals surface area contributed by atoms with Crippen LogP contribution in [0.3, 0.4) is 0 Å². The monoisotopic (exact) mass is 238 g/mol. The van der Waals surface area contributed by atoms with Crippen LogP contribution in [0, 0.1) is 0 Å². The molecule has 0 saturated heterocycles. The molecule has 0 bridgehead atoms. The quantitative estimate of drug-likeness (QED) is 0.762. The number of aromatic nitrogens is 2. The lowest BCUT2D eigenvalue weighted by molar-refractivity contribution is 0.0924. The highest BCUT2D eigenvalue weighted by Crippen LogP contribution is 2.00. The van der Waals surface area contributed by atoms with Gasteiger partial charge in [0.05, 0.1) is 12.4 Å². The van der Waals surface area contributed by atoms with Gasteiger partial charge in [-0.15, -0.1) is 0 Å². The lowest BCUT2D eigenvalue weighted by Crippen LogP contribution is -2.33. The molecule has 0 radical (unpaired) electrons. The largest absolute Gasteiger partial charge is 0.385 e. The molecule has 1 amide bonds. The van der Waals surface area contributed by atoms with Crippen LogP contribution in [0.2, 0.25) is 0 Å². The maximum absolute atomic E-state index is 11.7. The van der Waals surface area contributed by atoms with Gasteiger partial charge >= 0.3 is 0 Å². The van der Waals surface area contributed by atoms with Crippen molar-refractivity contribution in [1.82, 2.24) is 15.3 Å². The average molecular weight is 238 g/mol. The van der Waals surface area contributed by atoms with Crippen LogP contribution >= 0.6 is 0 Å². The first-order chi connectivity index (χ1) is 8.17. The van der Waals surface area contributed by atoms with Gasteiger partial charge in [-0.3, -0.25) is 4.79 Å². The molecule has 6 nitrogen and oxygen atoms in total. The van der Waals surface area contributed by atoms with Crippen molar-refractivity contribution in [3.63, 3.8) is 0 Å². The number of nitrogens with zero attached hydrogens (tertiary/aromatic N) is 2. The zero-order chi connectivity index (χ0) is 12.7. The average Bonchev–Trinajstić information content (AvgIpc) is 2.36. The second-order valence-electron chi connectivity index (χ2n) is 3.69. The van der Waals surface area contributed by atoms with Crippen LogP contribution in [0.5, 0.6) is 0 Å². The lowest BCUT2D eigenvalue weighted by atomic mass is 10.2. The van der Waals surface area contributed by atoms with Crippen LogP contribution in [-0.2, 0) is 4.74 Å². The van der Waals surface area contributed by atoms with Crippen LogP contribution in [0.1, 0.15) is 23.8 Å². The molecule has 0 fully saturated rings. The second kappa shape index (κ2) is 6.80. The summed E-state index contributed by atoms with van der Waals surface area (Å²) in [5.41, 5.74) is 0.313. The van der Waals surface area contributed by atoms with E-state index in [1.807, 2.05) is 6.92 Å². The van der Waals surface area contributed by atoms with E-state index in [0.29, 0.717) is 18.1 Å². The van der Waals surface area contributed by atoms with E-state index in [0.717, 1.165) is 6.42 Å². The van der Waals surface area contributed by atoms with Crippen LogP contribution in [-0.4, -0.2) is 42.7 Å². The number of nitrogens with one attached hydrogen (secondary N) is 2. The van der Waals surface area contributed by atoms with Crippen LogP contribution in [0.25, 0.3) is 0 Å². The molecular formula is C11H18N4O2. The zero-order valence-corrected chi connectivity index (χ0v) is 10.4. The molecule has 0 spiro atoms. The van der Waals surface area contributed by atoms with E-state index in [-0.39, 0.29) is 11.9 Å². The molecule has 1 aromatic rings. The fourth-order valence-electron chi connectivity index (χ4n) is 1.24. The van der Waals surface area contributed by atoms with Crippen molar-refractivity contribution in [2.24, 2.45) is 0 Å². The molecule has 0 aliphatic rings. The topological polar surface area (TPSA) is 76.1 Å². The van der Waals surface area contributed by atoms with Gasteiger partial charge in [0.1, 0.15) is 11.5 Å². The summed E-state index contributed by atoms with van der Waals surface area (Å²) in [6.07, 6.45) is 3.74. The van der Waals surface area contributed by atoms with Crippen LogP contribution < -0.4 is 10.6 Å². The number of carbonyl (C=O) groups excluding carboxylic acids is 1. The van der Waals surface area contributed by atoms with Gasteiger partial charge in [0.25, 0.3) is 5.91 Å². The van der Waals surface area contributed by atoms with Crippen LogP contribution in [0.4, 0.5) is 5.82 Å². The maximum Gasteiger partial charge on any atom is 0.271 e. The van der Waals surface area contributed by atoms with Gasteiger partial charge in [0, 0.05) is 26.8 Å². The molecule has 0 aromatic carbocycles. The Hall–Kier alpha value is -1.69. The number of ether oxygens (including phenoxy) is 1. The molecule has 0 aliphatic heterocycles. The Bertz CT molecular complexity index is 353. The number of hydrogen-bond acceptors (Lipinski definition) is 5. The van der Waals surface area contributed by atoms with Crippen molar-refractivity contribution >= 4 is 11.7 Å². The molecule has 6 heteroatoms. The van der Waals surface area contributed by atoms with Gasteiger partial charge in [-0.25, -0.2) is 9.97 Å². The van der Waals surface area contributed by atoms with Gasteiger partial charge in [0.15, 0.2) is 0 Å². The summed E-state index contributed by atoms with van der Waals surface area (Å²) >= 11 is 0. The highest BCUT2D eigenvalue weighted by atomic mass is 16.5. The molecule has 0 aliphatic carbocycles. The molecule has 94 valence electrons. The highest BCUT2D eigenvalue weighted by molar-refractivity contribution is 5.92. The van der Waals surface area contributed by atoms with E-state index in [9.17, 15) is 4.79 Å². The Balaban J connectivity index is 2.51. The molecule has 1 aromatic heterocycles. The third-order valence-corrected chi connectivity index (χ3v) is 2.27. The molecular weight excluding hydrogens is 220 g/mol. The van der Waals surface area contributed by atoms with E-state index in [1.54, 1.807) is 14.2 Å². The molecule has 1 heterocycles.